The minimum Gasteiger partial charge on any atom is -0.444 e. The molecular weight excluding hydrogens is 576 g/mol. The molecule has 13 nitrogen and oxygen atoms in total. The molecule has 0 atom stereocenters. The second-order valence-electron chi connectivity index (χ2n) is 9.97. The number of sulfone groups is 1. The number of alkyl halides is 2. The van der Waals surface area contributed by atoms with Gasteiger partial charge in [-0.2, -0.15) is 13.8 Å². The topological polar surface area (TPSA) is 174 Å². The fourth-order valence-corrected chi connectivity index (χ4v) is 4.28. The zero-order valence-electron chi connectivity index (χ0n) is 23.4. The van der Waals surface area contributed by atoms with Crippen LogP contribution in [-0.4, -0.2) is 59.4 Å². The molecule has 16 heteroatoms. The summed E-state index contributed by atoms with van der Waals surface area (Å²) in [4.78, 5) is 36.0. The van der Waals surface area contributed by atoms with Gasteiger partial charge in [0.15, 0.2) is 26.4 Å². The largest absolute Gasteiger partial charge is 0.444 e. The molecule has 0 aliphatic heterocycles. The number of hydrogen-bond donors (Lipinski definition) is 4. The predicted octanol–water partition coefficient (Wildman–Crippen LogP) is 4.61. The number of pyridine rings is 1. The first-order valence-electron chi connectivity index (χ1n) is 12.6. The van der Waals surface area contributed by atoms with Crippen LogP contribution in [0.5, 0.6) is 5.75 Å². The Morgan fingerprint density at radius 3 is 2.29 bits per heavy atom. The first-order chi connectivity index (χ1) is 19.6. The maximum atomic E-state index is 13.1. The van der Waals surface area contributed by atoms with Crippen LogP contribution < -0.4 is 26.0 Å². The normalized spacial score (nSPS) is 11.6. The maximum Gasteiger partial charge on any atom is 0.408 e. The van der Waals surface area contributed by atoms with Gasteiger partial charge in [0, 0.05) is 17.6 Å². The second kappa shape index (κ2) is 13.4. The molecule has 0 aliphatic rings. The number of alkyl carbamates (subject to hydrolysis) is 1. The molecule has 0 saturated heterocycles. The summed E-state index contributed by atoms with van der Waals surface area (Å²) < 4.78 is 61.3. The van der Waals surface area contributed by atoms with Gasteiger partial charge in [-0.15, -0.1) is 0 Å². The van der Waals surface area contributed by atoms with Gasteiger partial charge in [-0.3, -0.25) is 4.79 Å². The zero-order chi connectivity index (χ0) is 31.1. The molecule has 2 heterocycles. The molecule has 226 valence electrons. The molecule has 2 amide bonds. The number of amides is 2. The summed E-state index contributed by atoms with van der Waals surface area (Å²) in [5.74, 6) is -1.17. The first kappa shape index (κ1) is 31.9. The first-order valence-corrected chi connectivity index (χ1v) is 14.1. The van der Waals surface area contributed by atoms with Gasteiger partial charge in [-0.1, -0.05) is 0 Å². The molecule has 0 unspecified atom stereocenters. The molecule has 0 bridgehead atoms. The third-order valence-corrected chi connectivity index (χ3v) is 7.21. The van der Waals surface area contributed by atoms with E-state index in [2.05, 4.69) is 41.0 Å². The quantitative estimate of drug-likeness (QED) is 0.240. The maximum absolute atomic E-state index is 13.1. The molecule has 3 aromatic rings. The molecule has 3 rings (SSSR count). The van der Waals surface area contributed by atoms with Crippen LogP contribution >= 0.6 is 0 Å². The number of aromatic nitrogens is 3. The molecule has 42 heavy (non-hydrogen) atoms. The minimum absolute atomic E-state index is 0.0104. The van der Waals surface area contributed by atoms with Crippen LogP contribution in [0.2, 0.25) is 0 Å². The fraction of sp³-hybridized carbons (Fsp3) is 0.346. The van der Waals surface area contributed by atoms with Gasteiger partial charge in [0.1, 0.15) is 12.1 Å². The lowest BCUT2D eigenvalue weighted by Gasteiger charge is -2.19. The van der Waals surface area contributed by atoms with E-state index in [0.717, 1.165) is 6.20 Å². The van der Waals surface area contributed by atoms with Crippen molar-refractivity contribution in [3.8, 4) is 5.75 Å². The van der Waals surface area contributed by atoms with Gasteiger partial charge in [0.25, 0.3) is 0 Å². The summed E-state index contributed by atoms with van der Waals surface area (Å²) in [7, 11) is -3.83. The summed E-state index contributed by atoms with van der Waals surface area (Å²) in [5.41, 5.74) is 0.209. The lowest BCUT2D eigenvalue weighted by molar-refractivity contribution is -0.115. The Hall–Kier alpha value is -4.60. The number of anilines is 5. The number of nitrogens with one attached hydrogen (secondary N) is 4. The molecule has 4 N–H and O–H groups in total. The van der Waals surface area contributed by atoms with Gasteiger partial charge in [0.05, 0.1) is 17.1 Å². The predicted molar refractivity (Wildman–Crippen MR) is 151 cm³/mol. The van der Waals surface area contributed by atoms with E-state index in [9.17, 15) is 26.8 Å². The van der Waals surface area contributed by atoms with Crippen LogP contribution in [0.3, 0.4) is 0 Å². The third kappa shape index (κ3) is 9.22. The van der Waals surface area contributed by atoms with Gasteiger partial charge in [0.2, 0.25) is 11.9 Å². The van der Waals surface area contributed by atoms with E-state index >= 15 is 0 Å². The highest BCUT2D eigenvalue weighted by atomic mass is 32.2. The SMILES string of the molecule is CC(C)S(=O)(=O)c1ncccc1Nc1nc(Nc2ccc(NC(=O)CNC(=O)OC(C)(C)C)cc2)ncc1OC(F)F. The molecule has 0 spiro atoms. The van der Waals surface area contributed by atoms with E-state index in [1.165, 1.54) is 32.2 Å². The van der Waals surface area contributed by atoms with Crippen LogP contribution in [-0.2, 0) is 19.4 Å². The Balaban J connectivity index is 1.74. The highest BCUT2D eigenvalue weighted by Crippen LogP contribution is 2.31. The lowest BCUT2D eigenvalue weighted by atomic mass is 10.2. The van der Waals surface area contributed by atoms with Crippen LogP contribution in [0.4, 0.5) is 42.4 Å². The molecule has 0 saturated carbocycles. The molecule has 2 aromatic heterocycles. The summed E-state index contributed by atoms with van der Waals surface area (Å²) in [6.07, 6.45) is 1.58. The van der Waals surface area contributed by atoms with E-state index < -0.39 is 45.0 Å². The molecule has 1 aromatic carbocycles. The fourth-order valence-electron chi connectivity index (χ4n) is 3.20. The zero-order valence-corrected chi connectivity index (χ0v) is 24.3. The molecule has 0 aliphatic carbocycles. The van der Waals surface area contributed by atoms with Crippen molar-refractivity contribution in [1.29, 1.82) is 0 Å². The van der Waals surface area contributed by atoms with E-state index in [1.807, 2.05) is 0 Å². The molecular formula is C26H31F2N7O6S. The van der Waals surface area contributed by atoms with Crippen molar-refractivity contribution < 1.29 is 36.3 Å². The van der Waals surface area contributed by atoms with E-state index in [4.69, 9.17) is 4.74 Å². The van der Waals surface area contributed by atoms with Gasteiger partial charge in [-0.25, -0.2) is 23.2 Å². The number of benzene rings is 1. The minimum atomic E-state index is -3.83. The number of ether oxygens (including phenoxy) is 2. The average Bonchev–Trinajstić information content (AvgIpc) is 2.89. The van der Waals surface area contributed by atoms with Gasteiger partial charge >= 0.3 is 12.7 Å². The van der Waals surface area contributed by atoms with Crippen LogP contribution in [0.25, 0.3) is 0 Å². The highest BCUT2D eigenvalue weighted by Gasteiger charge is 2.25. The van der Waals surface area contributed by atoms with E-state index in [1.54, 1.807) is 45.0 Å². The third-order valence-electron chi connectivity index (χ3n) is 5.10. The summed E-state index contributed by atoms with van der Waals surface area (Å²) in [6.45, 7) is 4.59. The van der Waals surface area contributed by atoms with Crippen molar-refractivity contribution in [2.45, 2.75) is 57.1 Å². The molecule has 0 fully saturated rings. The van der Waals surface area contributed by atoms with Crippen molar-refractivity contribution in [3.63, 3.8) is 0 Å². The van der Waals surface area contributed by atoms with Crippen molar-refractivity contribution >= 4 is 50.7 Å². The van der Waals surface area contributed by atoms with Crippen LogP contribution in [0.1, 0.15) is 34.6 Å². The van der Waals surface area contributed by atoms with Crippen molar-refractivity contribution in [1.82, 2.24) is 20.3 Å². The summed E-state index contributed by atoms with van der Waals surface area (Å²) in [5, 5.41) is 9.51. The Morgan fingerprint density at radius 2 is 1.67 bits per heavy atom. The van der Waals surface area contributed by atoms with Crippen molar-refractivity contribution in [3.05, 3.63) is 48.8 Å². The number of nitrogens with zero attached hydrogens (tertiary/aromatic N) is 3. The Kier molecular flexibility index (Phi) is 10.2. The second-order valence-corrected chi connectivity index (χ2v) is 12.4. The van der Waals surface area contributed by atoms with Gasteiger partial charge in [-0.05, 0) is 71.0 Å². The number of carbonyl (C=O) groups is 2. The van der Waals surface area contributed by atoms with Crippen LogP contribution in [0.15, 0.2) is 53.8 Å². The number of rotatable bonds is 11. The van der Waals surface area contributed by atoms with E-state index in [0.29, 0.717) is 11.4 Å². The Morgan fingerprint density at radius 1 is 1.00 bits per heavy atom. The Labute approximate surface area is 241 Å². The summed E-state index contributed by atoms with van der Waals surface area (Å²) in [6, 6.07) is 9.21. The highest BCUT2D eigenvalue weighted by molar-refractivity contribution is 7.92. The van der Waals surface area contributed by atoms with E-state index in [-0.39, 0.29) is 29.0 Å². The Bertz CT molecular complexity index is 1510. The lowest BCUT2D eigenvalue weighted by Crippen LogP contribution is -2.37. The monoisotopic (exact) mass is 607 g/mol. The number of carbonyl (C=O) groups excluding carboxylic acids is 2. The molecule has 0 radical (unpaired) electrons. The van der Waals surface area contributed by atoms with Gasteiger partial charge < -0.3 is 30.7 Å². The van der Waals surface area contributed by atoms with Crippen molar-refractivity contribution in [2.75, 3.05) is 22.5 Å². The smallest absolute Gasteiger partial charge is 0.408 e. The number of halogens is 2. The standard InChI is InChI=1S/C26H31F2N7O6S/c1-15(2)42(38,39)22-18(7-6-12-29-22)34-21-19(40-23(27)28)13-30-24(35-21)33-17-10-8-16(9-11-17)32-20(36)14-31-25(37)41-26(3,4)5/h6-13,15,23H,14H2,1-5H3,(H,31,37)(H,32,36)(H2,30,33,34,35). The average molecular weight is 608 g/mol. The van der Waals surface area contributed by atoms with Crippen LogP contribution in [0, 0.1) is 0 Å². The number of hydrogen-bond acceptors (Lipinski definition) is 11. The van der Waals surface area contributed by atoms with Crippen molar-refractivity contribution in [2.24, 2.45) is 0 Å². The summed E-state index contributed by atoms with van der Waals surface area (Å²) >= 11 is 0.